The molecule has 150 valence electrons. The first-order valence-corrected chi connectivity index (χ1v) is 10.3. The predicted octanol–water partition coefficient (Wildman–Crippen LogP) is 1.88. The molecule has 5 rings (SSSR count). The lowest BCUT2D eigenvalue weighted by molar-refractivity contribution is -0.132. The summed E-state index contributed by atoms with van der Waals surface area (Å²) >= 11 is 0. The number of benzene rings is 1. The smallest absolute Gasteiger partial charge is 0.243 e. The van der Waals surface area contributed by atoms with Crippen LogP contribution in [0.1, 0.15) is 36.4 Å². The number of fused-ring (bicyclic) bond motifs is 1. The van der Waals surface area contributed by atoms with E-state index in [9.17, 15) is 4.79 Å². The Morgan fingerprint density at radius 3 is 2.79 bits per heavy atom. The number of nitrogens with zero attached hydrogens (tertiary/aromatic N) is 3. The summed E-state index contributed by atoms with van der Waals surface area (Å²) in [5, 5.41) is 4.52. The maximum Gasteiger partial charge on any atom is 0.243 e. The number of para-hydroxylation sites is 1. The Kier molecular flexibility index (Phi) is 4.56. The number of hydrogen-bond acceptors (Lipinski definition) is 5. The lowest BCUT2D eigenvalue weighted by atomic mass is 9.74. The van der Waals surface area contributed by atoms with Gasteiger partial charge < -0.3 is 16.0 Å². The number of aromatic nitrogens is 3. The van der Waals surface area contributed by atoms with Crippen molar-refractivity contribution in [2.24, 2.45) is 5.73 Å². The third-order valence-corrected chi connectivity index (χ3v) is 6.70. The third kappa shape index (κ3) is 2.76. The van der Waals surface area contributed by atoms with E-state index in [0.29, 0.717) is 6.04 Å². The lowest BCUT2D eigenvalue weighted by Gasteiger charge is -2.45. The molecule has 2 aromatic heterocycles. The fraction of sp³-hybridized carbons (Fsp3) is 0.409. The first kappa shape index (κ1) is 18.3. The highest BCUT2D eigenvalue weighted by Gasteiger charge is 2.58. The summed E-state index contributed by atoms with van der Waals surface area (Å²) in [5.74, 6) is -0.425. The van der Waals surface area contributed by atoms with E-state index in [0.717, 1.165) is 61.1 Å². The largest absolute Gasteiger partial charge is 0.368 e. The van der Waals surface area contributed by atoms with Crippen LogP contribution < -0.4 is 11.1 Å². The van der Waals surface area contributed by atoms with E-state index < -0.39 is 5.54 Å². The number of aromatic amines is 1. The Bertz CT molecular complexity index is 1010. The van der Waals surface area contributed by atoms with Crippen molar-refractivity contribution in [3.63, 3.8) is 0 Å². The Morgan fingerprint density at radius 1 is 1.17 bits per heavy atom. The summed E-state index contributed by atoms with van der Waals surface area (Å²) in [6, 6.07) is 10.4. The lowest BCUT2D eigenvalue weighted by Crippen LogP contribution is -2.59. The van der Waals surface area contributed by atoms with Crippen molar-refractivity contribution in [2.75, 3.05) is 19.6 Å². The van der Waals surface area contributed by atoms with Crippen molar-refractivity contribution in [2.45, 2.75) is 36.8 Å². The third-order valence-electron chi connectivity index (χ3n) is 6.70. The second kappa shape index (κ2) is 7.24. The number of rotatable bonds is 4. The van der Waals surface area contributed by atoms with Crippen LogP contribution in [0, 0.1) is 0 Å². The monoisotopic (exact) mass is 390 g/mol. The van der Waals surface area contributed by atoms with Gasteiger partial charge in [0.1, 0.15) is 11.9 Å². The number of amides is 1. The Hall–Kier alpha value is -2.77. The van der Waals surface area contributed by atoms with Crippen LogP contribution in [0.4, 0.5) is 0 Å². The normalized spacial score (nSPS) is 26.1. The molecular weight excluding hydrogens is 364 g/mol. The van der Waals surface area contributed by atoms with Gasteiger partial charge in [0.25, 0.3) is 0 Å². The number of primary amides is 1. The molecule has 1 aromatic carbocycles. The van der Waals surface area contributed by atoms with Crippen LogP contribution >= 0.6 is 0 Å². The molecule has 2 atom stereocenters. The molecule has 0 saturated carbocycles. The number of carbonyl (C=O) groups is 1. The van der Waals surface area contributed by atoms with Crippen molar-refractivity contribution in [1.82, 2.24) is 25.2 Å². The van der Waals surface area contributed by atoms with Crippen LogP contribution in [0.5, 0.6) is 0 Å². The topological polar surface area (TPSA) is 99.9 Å². The molecule has 29 heavy (non-hydrogen) atoms. The van der Waals surface area contributed by atoms with Crippen molar-refractivity contribution >= 4 is 16.8 Å². The summed E-state index contributed by atoms with van der Waals surface area (Å²) < 4.78 is 0. The van der Waals surface area contributed by atoms with Gasteiger partial charge in [0.2, 0.25) is 5.91 Å². The van der Waals surface area contributed by atoms with Crippen LogP contribution in [0.25, 0.3) is 10.9 Å². The minimum atomic E-state index is -0.944. The number of nitrogens with one attached hydrogen (secondary N) is 2. The first-order valence-electron chi connectivity index (χ1n) is 10.3. The minimum Gasteiger partial charge on any atom is -0.368 e. The molecule has 2 aliphatic rings. The van der Waals surface area contributed by atoms with Crippen LogP contribution in [-0.2, 0) is 10.3 Å². The van der Waals surface area contributed by atoms with Crippen LogP contribution in [0.15, 0.2) is 49.1 Å². The molecule has 3 aromatic rings. The zero-order valence-electron chi connectivity index (χ0n) is 16.3. The molecule has 0 radical (unpaired) electrons. The molecule has 0 spiro atoms. The SMILES string of the molecule is NC(=O)C1(c2cccc3cc[nH]c23)C(c2ccncn2)CCN1C1CCNCC1. The quantitative estimate of drug-likeness (QED) is 0.632. The molecule has 7 heteroatoms. The molecule has 2 aliphatic heterocycles. The van der Waals surface area contributed by atoms with Gasteiger partial charge in [-0.1, -0.05) is 18.2 Å². The highest BCUT2D eigenvalue weighted by atomic mass is 16.1. The number of H-pyrrole nitrogens is 1. The summed E-state index contributed by atoms with van der Waals surface area (Å²) in [6.45, 7) is 2.74. The van der Waals surface area contributed by atoms with E-state index >= 15 is 0 Å². The molecule has 4 N–H and O–H groups in total. The number of likely N-dealkylation sites (tertiary alicyclic amines) is 1. The van der Waals surface area contributed by atoms with Gasteiger partial charge in [0, 0.05) is 42.2 Å². The van der Waals surface area contributed by atoms with E-state index in [4.69, 9.17) is 5.73 Å². The van der Waals surface area contributed by atoms with Gasteiger partial charge in [0.05, 0.1) is 5.52 Å². The van der Waals surface area contributed by atoms with Gasteiger partial charge >= 0.3 is 0 Å². The number of carbonyl (C=O) groups excluding carboxylic acids is 1. The average molecular weight is 390 g/mol. The summed E-state index contributed by atoms with van der Waals surface area (Å²) in [7, 11) is 0. The fourth-order valence-corrected chi connectivity index (χ4v) is 5.50. The van der Waals surface area contributed by atoms with E-state index in [-0.39, 0.29) is 11.8 Å². The number of piperidine rings is 1. The van der Waals surface area contributed by atoms with E-state index in [1.807, 2.05) is 24.4 Å². The Morgan fingerprint density at radius 2 is 2.03 bits per heavy atom. The molecule has 2 saturated heterocycles. The predicted molar refractivity (Wildman–Crippen MR) is 111 cm³/mol. The molecule has 1 amide bonds. The Labute approximate surface area is 169 Å². The highest BCUT2D eigenvalue weighted by Crippen LogP contribution is 2.51. The standard InChI is InChI=1S/C22H26N6O/c23-21(29)22(18-3-1-2-15-4-12-26-20(15)18)17(19-7-11-25-14-27-19)8-13-28(22)16-5-9-24-10-6-16/h1-4,7,11-12,14,16-17,24,26H,5-6,8-10,13H2,(H2,23,29). The molecular formula is C22H26N6O. The van der Waals surface area contributed by atoms with Gasteiger partial charge in [-0.05, 0) is 49.9 Å². The second-order valence-corrected chi connectivity index (χ2v) is 8.03. The first-order chi connectivity index (χ1) is 14.2. The van der Waals surface area contributed by atoms with Gasteiger partial charge in [-0.3, -0.25) is 9.69 Å². The summed E-state index contributed by atoms with van der Waals surface area (Å²) in [6.07, 6.45) is 8.08. The second-order valence-electron chi connectivity index (χ2n) is 8.03. The molecule has 2 fully saturated rings. The van der Waals surface area contributed by atoms with Crippen LogP contribution in [-0.4, -0.2) is 51.4 Å². The zero-order valence-corrected chi connectivity index (χ0v) is 16.3. The van der Waals surface area contributed by atoms with Crippen LogP contribution in [0.2, 0.25) is 0 Å². The zero-order chi connectivity index (χ0) is 19.8. The molecule has 0 bridgehead atoms. The van der Waals surface area contributed by atoms with Crippen LogP contribution in [0.3, 0.4) is 0 Å². The number of hydrogen-bond donors (Lipinski definition) is 3. The average Bonchev–Trinajstić information content (AvgIpc) is 3.40. The molecule has 0 aliphatic carbocycles. The van der Waals surface area contributed by atoms with E-state index in [1.165, 1.54) is 0 Å². The van der Waals surface area contributed by atoms with E-state index in [2.05, 4.69) is 37.3 Å². The van der Waals surface area contributed by atoms with Gasteiger partial charge in [-0.15, -0.1) is 0 Å². The maximum absolute atomic E-state index is 13.4. The minimum absolute atomic E-state index is 0.119. The Balaban J connectivity index is 1.75. The van der Waals surface area contributed by atoms with Gasteiger partial charge in [0.15, 0.2) is 0 Å². The van der Waals surface area contributed by atoms with Crippen molar-refractivity contribution < 1.29 is 4.79 Å². The van der Waals surface area contributed by atoms with Crippen molar-refractivity contribution in [3.05, 3.63) is 60.3 Å². The molecule has 7 nitrogen and oxygen atoms in total. The maximum atomic E-state index is 13.4. The fourth-order valence-electron chi connectivity index (χ4n) is 5.50. The molecule has 2 unspecified atom stereocenters. The highest BCUT2D eigenvalue weighted by molar-refractivity contribution is 5.94. The van der Waals surface area contributed by atoms with Gasteiger partial charge in [-0.25, -0.2) is 9.97 Å². The number of nitrogens with two attached hydrogens (primary N) is 1. The summed E-state index contributed by atoms with van der Waals surface area (Å²) in [4.78, 5) is 27.8. The molecule has 4 heterocycles. The van der Waals surface area contributed by atoms with Crippen molar-refractivity contribution in [3.8, 4) is 0 Å². The van der Waals surface area contributed by atoms with E-state index in [1.54, 1.807) is 12.5 Å². The van der Waals surface area contributed by atoms with Crippen molar-refractivity contribution in [1.29, 1.82) is 0 Å². The summed E-state index contributed by atoms with van der Waals surface area (Å²) in [5.41, 5.74) is 8.16. The van der Waals surface area contributed by atoms with Gasteiger partial charge in [-0.2, -0.15) is 0 Å².